The molecule has 1 aromatic carbocycles. The molecular weight excluding hydrogens is 267 g/mol. The standard InChI is InChI=1S/C10H8BrClO2/c1-14-9-4-3-8(11)6-7(9)2-5-10(12)13/h2-6H,1H3. The van der Waals surface area contributed by atoms with Crippen molar-refractivity contribution in [2.24, 2.45) is 0 Å². The maximum absolute atomic E-state index is 10.5. The van der Waals surface area contributed by atoms with Gasteiger partial charge in [-0.15, -0.1) is 0 Å². The first-order valence-electron chi connectivity index (χ1n) is 3.84. The lowest BCUT2D eigenvalue weighted by atomic mass is 10.2. The number of hydrogen-bond donors (Lipinski definition) is 0. The van der Waals surface area contributed by atoms with Crippen LogP contribution in [0, 0.1) is 0 Å². The Morgan fingerprint density at radius 2 is 2.29 bits per heavy atom. The van der Waals surface area contributed by atoms with Gasteiger partial charge >= 0.3 is 0 Å². The topological polar surface area (TPSA) is 26.3 Å². The van der Waals surface area contributed by atoms with Crippen molar-refractivity contribution < 1.29 is 9.53 Å². The lowest BCUT2D eigenvalue weighted by Crippen LogP contribution is -1.87. The van der Waals surface area contributed by atoms with Crippen molar-refractivity contribution in [2.45, 2.75) is 0 Å². The highest BCUT2D eigenvalue weighted by Gasteiger charge is 2.00. The molecule has 74 valence electrons. The van der Waals surface area contributed by atoms with Crippen LogP contribution in [0.1, 0.15) is 5.56 Å². The number of hydrogen-bond acceptors (Lipinski definition) is 2. The molecular formula is C10H8BrClO2. The Balaban J connectivity index is 3.04. The third kappa shape index (κ3) is 3.16. The molecule has 0 saturated heterocycles. The second-order valence-corrected chi connectivity index (χ2v) is 3.81. The predicted octanol–water partition coefficient (Wildman–Crippen LogP) is 3.24. The van der Waals surface area contributed by atoms with Gasteiger partial charge in [0.25, 0.3) is 0 Å². The Hall–Kier alpha value is -0.800. The predicted molar refractivity (Wildman–Crippen MR) is 60.6 cm³/mol. The summed E-state index contributed by atoms with van der Waals surface area (Å²) >= 11 is 8.51. The Kier molecular flexibility index (Phi) is 4.17. The Labute approximate surface area is 95.6 Å². The van der Waals surface area contributed by atoms with Crippen molar-refractivity contribution in [3.8, 4) is 5.75 Å². The van der Waals surface area contributed by atoms with Crippen LogP contribution in [0.2, 0.25) is 0 Å². The molecule has 0 atom stereocenters. The van der Waals surface area contributed by atoms with Gasteiger partial charge in [0.1, 0.15) is 5.75 Å². The van der Waals surface area contributed by atoms with Crippen molar-refractivity contribution in [1.82, 2.24) is 0 Å². The van der Waals surface area contributed by atoms with Gasteiger partial charge in [-0.3, -0.25) is 4.79 Å². The third-order valence-corrected chi connectivity index (χ3v) is 2.20. The molecule has 4 heteroatoms. The van der Waals surface area contributed by atoms with Gasteiger partial charge in [-0.25, -0.2) is 0 Å². The van der Waals surface area contributed by atoms with E-state index in [0.717, 1.165) is 10.0 Å². The summed E-state index contributed by atoms with van der Waals surface area (Å²) in [7, 11) is 1.57. The molecule has 0 bridgehead atoms. The summed E-state index contributed by atoms with van der Waals surface area (Å²) in [6, 6.07) is 5.51. The number of carbonyl (C=O) groups excluding carboxylic acids is 1. The lowest BCUT2D eigenvalue weighted by molar-refractivity contribution is -0.107. The van der Waals surface area contributed by atoms with Gasteiger partial charge in [0, 0.05) is 10.0 Å². The van der Waals surface area contributed by atoms with E-state index in [1.807, 2.05) is 18.2 Å². The molecule has 0 fully saturated rings. The Morgan fingerprint density at radius 3 is 2.86 bits per heavy atom. The first kappa shape index (κ1) is 11.3. The zero-order valence-electron chi connectivity index (χ0n) is 7.46. The molecule has 2 nitrogen and oxygen atoms in total. The minimum Gasteiger partial charge on any atom is -0.496 e. The zero-order chi connectivity index (χ0) is 10.6. The Bertz CT molecular complexity index is 374. The van der Waals surface area contributed by atoms with Crippen LogP contribution in [0.15, 0.2) is 28.7 Å². The summed E-state index contributed by atoms with van der Waals surface area (Å²) in [5, 5.41) is -0.507. The molecule has 0 aliphatic rings. The highest BCUT2D eigenvalue weighted by Crippen LogP contribution is 2.24. The smallest absolute Gasteiger partial charge is 0.245 e. The molecule has 0 radical (unpaired) electrons. The fourth-order valence-corrected chi connectivity index (χ4v) is 1.43. The molecule has 0 unspecified atom stereocenters. The molecule has 0 amide bonds. The number of benzene rings is 1. The van der Waals surface area contributed by atoms with E-state index in [1.54, 1.807) is 13.2 Å². The van der Waals surface area contributed by atoms with E-state index < -0.39 is 5.24 Å². The van der Waals surface area contributed by atoms with Crippen molar-refractivity contribution in [3.63, 3.8) is 0 Å². The highest BCUT2D eigenvalue weighted by molar-refractivity contribution is 9.10. The maximum atomic E-state index is 10.5. The van der Waals surface area contributed by atoms with Gasteiger partial charge < -0.3 is 4.74 Å². The zero-order valence-corrected chi connectivity index (χ0v) is 9.80. The summed E-state index contributed by atoms with van der Waals surface area (Å²) in [5.41, 5.74) is 0.802. The molecule has 14 heavy (non-hydrogen) atoms. The summed E-state index contributed by atoms with van der Waals surface area (Å²) in [4.78, 5) is 10.5. The number of carbonyl (C=O) groups is 1. The lowest BCUT2D eigenvalue weighted by Gasteiger charge is -2.04. The summed E-state index contributed by atoms with van der Waals surface area (Å²) in [6.45, 7) is 0. The van der Waals surface area contributed by atoms with Crippen LogP contribution in [-0.4, -0.2) is 12.4 Å². The van der Waals surface area contributed by atoms with Crippen molar-refractivity contribution >= 4 is 38.8 Å². The average molecular weight is 276 g/mol. The summed E-state index contributed by atoms with van der Waals surface area (Å²) in [6.07, 6.45) is 2.89. The van der Waals surface area contributed by atoms with Crippen LogP contribution in [0.4, 0.5) is 0 Å². The van der Waals surface area contributed by atoms with Crippen molar-refractivity contribution in [1.29, 1.82) is 0 Å². The highest BCUT2D eigenvalue weighted by atomic mass is 79.9. The van der Waals surface area contributed by atoms with Crippen LogP contribution in [0.25, 0.3) is 6.08 Å². The number of halogens is 2. The first-order valence-corrected chi connectivity index (χ1v) is 5.01. The monoisotopic (exact) mass is 274 g/mol. The van der Waals surface area contributed by atoms with E-state index in [-0.39, 0.29) is 0 Å². The van der Waals surface area contributed by atoms with Gasteiger partial charge in [-0.1, -0.05) is 15.9 Å². The second-order valence-electron chi connectivity index (χ2n) is 2.52. The molecule has 0 N–H and O–H groups in total. The van der Waals surface area contributed by atoms with Crippen LogP contribution in [-0.2, 0) is 4.79 Å². The minimum absolute atomic E-state index is 0.507. The second kappa shape index (κ2) is 5.17. The van der Waals surface area contributed by atoms with Crippen LogP contribution in [0.5, 0.6) is 5.75 Å². The van der Waals surface area contributed by atoms with Crippen LogP contribution in [0.3, 0.4) is 0 Å². The SMILES string of the molecule is COc1ccc(Br)cc1C=CC(=O)Cl. The third-order valence-electron chi connectivity index (χ3n) is 1.59. The van der Waals surface area contributed by atoms with Gasteiger partial charge in [0.15, 0.2) is 0 Å². The number of allylic oxidation sites excluding steroid dienone is 1. The fourth-order valence-electron chi connectivity index (χ4n) is 0.991. The minimum atomic E-state index is -0.507. The van der Waals surface area contributed by atoms with E-state index in [2.05, 4.69) is 15.9 Å². The van der Waals surface area contributed by atoms with E-state index in [1.165, 1.54) is 6.08 Å². The van der Waals surface area contributed by atoms with Gasteiger partial charge in [0.05, 0.1) is 7.11 Å². The molecule has 1 aromatic rings. The maximum Gasteiger partial charge on any atom is 0.245 e. The molecule has 0 aliphatic heterocycles. The van der Waals surface area contributed by atoms with Crippen LogP contribution < -0.4 is 4.74 Å². The molecule has 1 rings (SSSR count). The normalized spacial score (nSPS) is 10.5. The van der Waals surface area contributed by atoms with Gasteiger partial charge in [-0.2, -0.15) is 0 Å². The largest absolute Gasteiger partial charge is 0.496 e. The molecule has 0 aliphatic carbocycles. The number of rotatable bonds is 3. The summed E-state index contributed by atoms with van der Waals surface area (Å²) in [5.74, 6) is 0.697. The van der Waals surface area contributed by atoms with Gasteiger partial charge in [0.2, 0.25) is 5.24 Å². The first-order chi connectivity index (χ1) is 6.63. The fraction of sp³-hybridized carbons (Fsp3) is 0.100. The molecule has 0 saturated carbocycles. The molecule has 0 heterocycles. The molecule has 0 aromatic heterocycles. The Morgan fingerprint density at radius 1 is 1.57 bits per heavy atom. The number of ether oxygens (including phenoxy) is 1. The van der Waals surface area contributed by atoms with Gasteiger partial charge in [-0.05, 0) is 42.0 Å². The van der Waals surface area contributed by atoms with Crippen LogP contribution >= 0.6 is 27.5 Å². The van der Waals surface area contributed by atoms with E-state index in [0.29, 0.717) is 5.75 Å². The van der Waals surface area contributed by atoms with E-state index in [4.69, 9.17) is 16.3 Å². The summed E-state index contributed by atoms with van der Waals surface area (Å²) < 4.78 is 6.02. The van der Waals surface area contributed by atoms with E-state index >= 15 is 0 Å². The van der Waals surface area contributed by atoms with Crippen molar-refractivity contribution in [3.05, 3.63) is 34.3 Å². The van der Waals surface area contributed by atoms with Crippen molar-refractivity contribution in [2.75, 3.05) is 7.11 Å². The average Bonchev–Trinajstić information content (AvgIpc) is 2.15. The molecule has 0 spiro atoms. The quantitative estimate of drug-likeness (QED) is 0.625. The van der Waals surface area contributed by atoms with E-state index in [9.17, 15) is 4.79 Å². The number of methoxy groups -OCH3 is 1.